The van der Waals surface area contributed by atoms with Crippen LogP contribution in [0.4, 0.5) is 0 Å². The highest BCUT2D eigenvalue weighted by Crippen LogP contribution is 2.30. The van der Waals surface area contributed by atoms with E-state index < -0.39 is 0 Å². The van der Waals surface area contributed by atoms with Crippen LogP contribution in [0, 0.1) is 0 Å². The molecule has 0 fully saturated rings. The molecule has 0 aromatic heterocycles. The first kappa shape index (κ1) is 12.0. The average Bonchev–Trinajstić information content (AvgIpc) is 2.38. The largest absolute Gasteiger partial charge is 0.469 e. The van der Waals surface area contributed by atoms with Gasteiger partial charge in [-0.25, -0.2) is 0 Å². The van der Waals surface area contributed by atoms with Gasteiger partial charge in [0.25, 0.3) is 0 Å². The summed E-state index contributed by atoms with van der Waals surface area (Å²) in [5.74, 6) is -0.199. The van der Waals surface area contributed by atoms with Crippen molar-refractivity contribution < 1.29 is 9.53 Å². The molecule has 17 heavy (non-hydrogen) atoms. The first-order valence-electron chi connectivity index (χ1n) is 5.37. The van der Waals surface area contributed by atoms with Crippen molar-refractivity contribution in [2.45, 2.75) is 11.3 Å². The minimum Gasteiger partial charge on any atom is -0.469 e. The maximum Gasteiger partial charge on any atom is 0.310 e. The quantitative estimate of drug-likeness (QED) is 0.614. The number of esters is 1. The summed E-state index contributed by atoms with van der Waals surface area (Å²) in [6.45, 7) is 0. The van der Waals surface area contributed by atoms with Crippen LogP contribution < -0.4 is 0 Å². The van der Waals surface area contributed by atoms with Gasteiger partial charge in [0.1, 0.15) is 0 Å². The van der Waals surface area contributed by atoms with E-state index in [1.54, 1.807) is 11.8 Å². The topological polar surface area (TPSA) is 26.3 Å². The molecule has 0 unspecified atom stereocenters. The second-order valence-corrected chi connectivity index (χ2v) is 4.55. The lowest BCUT2D eigenvalue weighted by molar-refractivity contribution is -0.139. The number of hydrogen-bond acceptors (Lipinski definition) is 3. The molecule has 0 atom stereocenters. The number of rotatable bonds is 3. The minimum absolute atomic E-state index is 0.199. The van der Waals surface area contributed by atoms with E-state index in [9.17, 15) is 4.79 Å². The Hall–Kier alpha value is -1.48. The van der Waals surface area contributed by atoms with E-state index in [-0.39, 0.29) is 5.97 Å². The molecule has 0 aliphatic heterocycles. The van der Waals surface area contributed by atoms with E-state index in [4.69, 9.17) is 4.74 Å². The fraction of sp³-hybridized carbons (Fsp3) is 0.214. The van der Waals surface area contributed by atoms with E-state index in [2.05, 4.69) is 12.1 Å². The van der Waals surface area contributed by atoms with Gasteiger partial charge in [-0.15, -0.1) is 11.8 Å². The summed E-state index contributed by atoms with van der Waals surface area (Å²) in [5, 5.41) is 2.40. The fourth-order valence-corrected chi connectivity index (χ4v) is 2.70. The van der Waals surface area contributed by atoms with Crippen molar-refractivity contribution >= 4 is 28.5 Å². The van der Waals surface area contributed by atoms with Crippen LogP contribution in [0.5, 0.6) is 0 Å². The van der Waals surface area contributed by atoms with Crippen LogP contribution in [0.15, 0.2) is 41.3 Å². The molecule has 0 aliphatic carbocycles. The maximum absolute atomic E-state index is 11.4. The zero-order valence-electron chi connectivity index (χ0n) is 9.90. The third-order valence-electron chi connectivity index (χ3n) is 2.73. The first-order valence-corrected chi connectivity index (χ1v) is 6.60. The number of methoxy groups -OCH3 is 1. The molecule has 0 heterocycles. The van der Waals surface area contributed by atoms with Crippen molar-refractivity contribution in [3.8, 4) is 0 Å². The Morgan fingerprint density at radius 3 is 2.71 bits per heavy atom. The predicted molar refractivity (Wildman–Crippen MR) is 71.4 cm³/mol. The number of carbonyl (C=O) groups is 1. The smallest absolute Gasteiger partial charge is 0.310 e. The molecule has 2 nitrogen and oxygen atoms in total. The highest BCUT2D eigenvalue weighted by atomic mass is 32.2. The Kier molecular flexibility index (Phi) is 3.69. The standard InChI is InChI=1S/C14H14O2S/c1-16-13(15)9-11-8-7-10-5-3-4-6-12(10)14(11)17-2/h3-8H,9H2,1-2H3. The lowest BCUT2D eigenvalue weighted by Gasteiger charge is -2.10. The normalized spacial score (nSPS) is 10.5. The van der Waals surface area contributed by atoms with Gasteiger partial charge in [0, 0.05) is 4.90 Å². The van der Waals surface area contributed by atoms with Crippen LogP contribution in [-0.4, -0.2) is 19.3 Å². The zero-order chi connectivity index (χ0) is 12.3. The number of hydrogen-bond donors (Lipinski definition) is 0. The third-order valence-corrected chi connectivity index (χ3v) is 3.62. The third kappa shape index (κ3) is 2.44. The molecule has 0 saturated carbocycles. The van der Waals surface area contributed by atoms with Crippen LogP contribution in [0.1, 0.15) is 5.56 Å². The van der Waals surface area contributed by atoms with Crippen molar-refractivity contribution in [1.82, 2.24) is 0 Å². The van der Waals surface area contributed by atoms with Gasteiger partial charge in [-0.2, -0.15) is 0 Å². The van der Waals surface area contributed by atoms with Crippen molar-refractivity contribution in [2.75, 3.05) is 13.4 Å². The summed E-state index contributed by atoms with van der Waals surface area (Å²) in [6, 6.07) is 12.3. The van der Waals surface area contributed by atoms with Crippen LogP contribution in [0.3, 0.4) is 0 Å². The molecule has 2 aromatic carbocycles. The summed E-state index contributed by atoms with van der Waals surface area (Å²) in [5.41, 5.74) is 1.03. The highest BCUT2D eigenvalue weighted by Gasteiger charge is 2.10. The molecular formula is C14H14O2S. The van der Waals surface area contributed by atoms with Crippen LogP contribution in [-0.2, 0) is 16.0 Å². The predicted octanol–water partition coefficient (Wildman–Crippen LogP) is 3.28. The van der Waals surface area contributed by atoms with Crippen molar-refractivity contribution in [3.63, 3.8) is 0 Å². The van der Waals surface area contributed by atoms with E-state index in [0.717, 1.165) is 10.5 Å². The first-order chi connectivity index (χ1) is 8.26. The second kappa shape index (κ2) is 5.23. The Balaban J connectivity index is 2.53. The molecule has 88 valence electrons. The lowest BCUT2D eigenvalue weighted by atomic mass is 10.0. The fourth-order valence-electron chi connectivity index (χ4n) is 1.90. The van der Waals surface area contributed by atoms with Gasteiger partial charge in [-0.3, -0.25) is 4.79 Å². The van der Waals surface area contributed by atoms with Gasteiger partial charge >= 0.3 is 5.97 Å². The minimum atomic E-state index is -0.199. The number of ether oxygens (including phenoxy) is 1. The van der Waals surface area contributed by atoms with Crippen LogP contribution in [0.2, 0.25) is 0 Å². The van der Waals surface area contributed by atoms with Crippen molar-refractivity contribution in [1.29, 1.82) is 0 Å². The van der Waals surface area contributed by atoms with E-state index in [1.165, 1.54) is 17.9 Å². The number of fused-ring (bicyclic) bond motifs is 1. The van der Waals surface area contributed by atoms with E-state index in [0.29, 0.717) is 6.42 Å². The summed E-state index contributed by atoms with van der Waals surface area (Å²) in [6.07, 6.45) is 2.36. The number of thioether (sulfide) groups is 1. The number of benzene rings is 2. The SMILES string of the molecule is COC(=O)Cc1ccc2ccccc2c1SC. The van der Waals surface area contributed by atoms with E-state index in [1.807, 2.05) is 30.5 Å². The van der Waals surface area contributed by atoms with Crippen molar-refractivity contribution in [2.24, 2.45) is 0 Å². The number of carbonyl (C=O) groups excluding carboxylic acids is 1. The monoisotopic (exact) mass is 246 g/mol. The van der Waals surface area contributed by atoms with Crippen molar-refractivity contribution in [3.05, 3.63) is 42.0 Å². The second-order valence-electron chi connectivity index (χ2n) is 3.73. The van der Waals surface area contributed by atoms with E-state index >= 15 is 0 Å². The van der Waals surface area contributed by atoms with Gasteiger partial charge < -0.3 is 4.74 Å². The zero-order valence-corrected chi connectivity index (χ0v) is 10.7. The summed E-state index contributed by atoms with van der Waals surface area (Å²) in [7, 11) is 1.42. The molecule has 2 rings (SSSR count). The van der Waals surface area contributed by atoms with Crippen LogP contribution >= 0.6 is 11.8 Å². The summed E-state index contributed by atoms with van der Waals surface area (Å²) in [4.78, 5) is 12.5. The summed E-state index contributed by atoms with van der Waals surface area (Å²) >= 11 is 1.67. The maximum atomic E-state index is 11.4. The molecule has 0 aliphatic rings. The molecule has 0 amide bonds. The van der Waals surface area contributed by atoms with Gasteiger partial charge in [0.2, 0.25) is 0 Å². The van der Waals surface area contributed by atoms with Gasteiger partial charge in [0.05, 0.1) is 13.5 Å². The molecule has 0 spiro atoms. The van der Waals surface area contributed by atoms with Gasteiger partial charge in [-0.1, -0.05) is 36.4 Å². The Labute approximate surface area is 105 Å². The van der Waals surface area contributed by atoms with Gasteiger partial charge in [-0.05, 0) is 22.6 Å². The molecule has 0 saturated heterocycles. The molecule has 2 aromatic rings. The Morgan fingerprint density at radius 2 is 2.00 bits per heavy atom. The Morgan fingerprint density at radius 1 is 1.24 bits per heavy atom. The molecular weight excluding hydrogens is 232 g/mol. The molecule has 0 radical (unpaired) electrons. The van der Waals surface area contributed by atoms with Gasteiger partial charge in [0.15, 0.2) is 0 Å². The molecule has 0 bridgehead atoms. The summed E-state index contributed by atoms with van der Waals surface area (Å²) < 4.78 is 4.72. The van der Waals surface area contributed by atoms with Crippen LogP contribution in [0.25, 0.3) is 10.8 Å². The molecule has 0 N–H and O–H groups in total. The highest BCUT2D eigenvalue weighted by molar-refractivity contribution is 7.98. The average molecular weight is 246 g/mol. The molecule has 3 heteroatoms. The Bertz CT molecular complexity index is 549. The lowest BCUT2D eigenvalue weighted by Crippen LogP contribution is -2.05.